The van der Waals surface area contributed by atoms with Gasteiger partial charge in [-0.2, -0.15) is 0 Å². The maximum atomic E-state index is 12.9. The van der Waals surface area contributed by atoms with Gasteiger partial charge in [0.1, 0.15) is 12.7 Å². The van der Waals surface area contributed by atoms with E-state index in [1.54, 1.807) is 0 Å². The lowest BCUT2D eigenvalue weighted by molar-refractivity contribution is -0.161. The van der Waals surface area contributed by atoms with E-state index in [0.717, 1.165) is 109 Å². The summed E-state index contributed by atoms with van der Waals surface area (Å²) in [6.45, 7) is 4.60. The molecule has 0 aromatic carbocycles. The van der Waals surface area contributed by atoms with E-state index in [0.29, 0.717) is 19.3 Å². The Morgan fingerprint density at radius 1 is 0.378 bits per heavy atom. The minimum atomic E-state index is -4.75. The fourth-order valence-corrected chi connectivity index (χ4v) is 9.31. The molecule has 3 atom stereocenters. The Kier molecular flexibility index (Phi) is 54.7. The summed E-state index contributed by atoms with van der Waals surface area (Å²) in [5.74, 6) is -1.47. The van der Waals surface area contributed by atoms with Crippen molar-refractivity contribution in [3.63, 3.8) is 0 Å². The zero-order chi connectivity index (χ0) is 54.1. The van der Waals surface area contributed by atoms with Gasteiger partial charge in [0.2, 0.25) is 0 Å². The summed E-state index contributed by atoms with van der Waals surface area (Å²) >= 11 is 0. The molecule has 0 aliphatic rings. The molecule has 0 aromatic heterocycles. The smallest absolute Gasteiger partial charge is 0.462 e. The first-order chi connectivity index (χ1) is 36.2. The Labute approximate surface area is 453 Å². The van der Waals surface area contributed by atoms with Crippen molar-refractivity contribution in [3.8, 4) is 0 Å². The lowest BCUT2D eigenvalue weighted by Crippen LogP contribution is -2.30. The van der Waals surface area contributed by atoms with Crippen LogP contribution in [0.15, 0.2) is 48.6 Å². The molecule has 0 saturated carbocycles. The van der Waals surface area contributed by atoms with E-state index in [1.807, 2.05) is 0 Å². The van der Waals surface area contributed by atoms with E-state index in [9.17, 15) is 28.9 Å². The molecule has 12 heteroatoms. The molecule has 0 heterocycles. The summed E-state index contributed by atoms with van der Waals surface area (Å²) < 4.78 is 39.6. The lowest BCUT2D eigenvalue weighted by atomic mass is 10.0. The number of hydrogen-bond acceptors (Lipinski definition) is 10. The van der Waals surface area contributed by atoms with Crippen LogP contribution >= 0.6 is 7.82 Å². The van der Waals surface area contributed by atoms with Crippen LogP contribution in [0.4, 0.5) is 0 Å². The molecule has 0 radical (unpaired) electrons. The van der Waals surface area contributed by atoms with Crippen molar-refractivity contribution < 1.29 is 52.2 Å². The van der Waals surface area contributed by atoms with Crippen molar-refractivity contribution in [2.75, 3.05) is 26.4 Å². The molecule has 74 heavy (non-hydrogen) atoms. The van der Waals surface area contributed by atoms with Gasteiger partial charge < -0.3 is 24.2 Å². The minimum absolute atomic E-state index is 0.153. The predicted octanol–water partition coefficient (Wildman–Crippen LogP) is 18.1. The van der Waals surface area contributed by atoms with Gasteiger partial charge in [0.25, 0.3) is 0 Å². The zero-order valence-corrected chi connectivity index (χ0v) is 48.7. The van der Waals surface area contributed by atoms with E-state index in [1.165, 1.54) is 122 Å². The van der Waals surface area contributed by atoms with E-state index in [-0.39, 0.29) is 25.9 Å². The number of carbonyl (C=O) groups is 3. The number of aliphatic hydroxyl groups excluding tert-OH is 1. The number of allylic oxidation sites excluding steroid dienone is 8. The second kappa shape index (κ2) is 56.6. The molecule has 11 nitrogen and oxygen atoms in total. The summed E-state index contributed by atoms with van der Waals surface area (Å²) in [5, 5.41) is 9.83. The Morgan fingerprint density at radius 2 is 0.676 bits per heavy atom. The van der Waals surface area contributed by atoms with Gasteiger partial charge in [-0.25, -0.2) is 4.57 Å². The number of carbonyl (C=O) groups excluding carboxylic acids is 3. The second-order valence-corrected chi connectivity index (χ2v) is 22.0. The van der Waals surface area contributed by atoms with Crippen molar-refractivity contribution >= 4 is 25.7 Å². The normalized spacial score (nSPS) is 13.6. The van der Waals surface area contributed by atoms with E-state index < -0.39 is 57.8 Å². The standard InChI is InChI=1S/C62H113O11P/c1-4-7-10-13-16-19-22-24-26-28-29-31-33-35-38-41-44-47-50-53-62(66)73-59(55-69-60(64)51-48-45-42-39-36-21-18-15-12-9-6-3)57-71-74(67,68)70-56-58(54-63)72-61(65)52-49-46-43-40-37-34-32-30-27-25-23-20-17-14-11-8-5-2/h15-16,18-19,24,26,29,31,58-59,63H,4-14,17,20-23,25,27-28,30,32-57H2,1-3H3,(H,67,68)/b18-15-,19-16-,26-24-,31-29-. The number of rotatable bonds is 57. The van der Waals surface area contributed by atoms with Crippen molar-refractivity contribution in [2.24, 2.45) is 0 Å². The first-order valence-corrected chi connectivity index (χ1v) is 32.0. The largest absolute Gasteiger partial charge is 0.472 e. The lowest BCUT2D eigenvalue weighted by Gasteiger charge is -2.21. The fraction of sp³-hybridized carbons (Fsp3) is 0.823. The third-order valence-electron chi connectivity index (χ3n) is 13.2. The maximum absolute atomic E-state index is 12.9. The predicted molar refractivity (Wildman–Crippen MR) is 307 cm³/mol. The van der Waals surface area contributed by atoms with E-state index in [4.69, 9.17) is 23.3 Å². The molecule has 0 spiro atoms. The molecule has 3 unspecified atom stereocenters. The monoisotopic (exact) mass is 1060 g/mol. The van der Waals surface area contributed by atoms with Gasteiger partial charge >= 0.3 is 25.7 Å². The highest BCUT2D eigenvalue weighted by Crippen LogP contribution is 2.43. The molecule has 0 aliphatic carbocycles. The van der Waals surface area contributed by atoms with E-state index >= 15 is 0 Å². The molecule has 0 saturated heterocycles. The zero-order valence-electron chi connectivity index (χ0n) is 47.8. The fourth-order valence-electron chi connectivity index (χ4n) is 8.52. The third kappa shape index (κ3) is 54.2. The molecule has 0 bridgehead atoms. The Hall–Kier alpha value is -2.56. The van der Waals surface area contributed by atoms with Gasteiger partial charge in [0.15, 0.2) is 6.10 Å². The number of phosphoric ester groups is 1. The van der Waals surface area contributed by atoms with Crippen LogP contribution < -0.4 is 0 Å². The highest BCUT2D eigenvalue weighted by atomic mass is 31.2. The van der Waals surface area contributed by atoms with Crippen molar-refractivity contribution in [1.82, 2.24) is 0 Å². The summed E-state index contributed by atoms with van der Waals surface area (Å²) in [6.07, 6.45) is 60.6. The van der Waals surface area contributed by atoms with Crippen molar-refractivity contribution in [1.29, 1.82) is 0 Å². The molecule has 432 valence electrons. The second-order valence-electron chi connectivity index (χ2n) is 20.5. The van der Waals surface area contributed by atoms with Gasteiger partial charge in [0.05, 0.1) is 19.8 Å². The molecule has 2 N–H and O–H groups in total. The first-order valence-electron chi connectivity index (χ1n) is 30.5. The van der Waals surface area contributed by atoms with Crippen LogP contribution in [0.2, 0.25) is 0 Å². The molecule has 0 amide bonds. The van der Waals surface area contributed by atoms with Crippen LogP contribution in [0.3, 0.4) is 0 Å². The molecular weight excluding hydrogens is 952 g/mol. The molecular formula is C62H113O11P. The van der Waals surface area contributed by atoms with Gasteiger partial charge in [-0.3, -0.25) is 23.4 Å². The number of unbranched alkanes of at least 4 members (excludes halogenated alkanes) is 32. The molecule has 0 aliphatic heterocycles. The third-order valence-corrected chi connectivity index (χ3v) is 14.2. The van der Waals surface area contributed by atoms with Crippen LogP contribution in [0.1, 0.15) is 290 Å². The summed E-state index contributed by atoms with van der Waals surface area (Å²) in [4.78, 5) is 48.6. The highest BCUT2D eigenvalue weighted by Gasteiger charge is 2.28. The number of aliphatic hydroxyl groups is 1. The molecule has 0 fully saturated rings. The number of esters is 3. The Bertz CT molecular complexity index is 1430. The molecule has 0 aromatic rings. The number of ether oxygens (including phenoxy) is 3. The van der Waals surface area contributed by atoms with Gasteiger partial charge in [0, 0.05) is 19.3 Å². The Morgan fingerprint density at radius 3 is 1.09 bits per heavy atom. The molecule has 0 rings (SSSR count). The maximum Gasteiger partial charge on any atom is 0.472 e. The number of hydrogen-bond donors (Lipinski definition) is 2. The summed E-state index contributed by atoms with van der Waals surface area (Å²) in [6, 6.07) is 0. The SMILES string of the molecule is CCCC/C=C\CCCCCCCC(=O)OCC(COP(=O)(O)OCC(CO)OC(=O)CCCCCCCCCCCCCCCCCCC)OC(=O)CCCCCCCC/C=C\C/C=C\C/C=C\CCCCC. The highest BCUT2D eigenvalue weighted by molar-refractivity contribution is 7.47. The topological polar surface area (TPSA) is 155 Å². The van der Waals surface area contributed by atoms with Crippen LogP contribution in [0.5, 0.6) is 0 Å². The van der Waals surface area contributed by atoms with Crippen LogP contribution in [-0.2, 0) is 42.2 Å². The number of phosphoric acid groups is 1. The van der Waals surface area contributed by atoms with Gasteiger partial charge in [-0.15, -0.1) is 0 Å². The van der Waals surface area contributed by atoms with Crippen molar-refractivity contribution in [2.45, 2.75) is 303 Å². The van der Waals surface area contributed by atoms with Gasteiger partial charge in [-0.05, 0) is 77.0 Å². The average molecular weight is 1070 g/mol. The van der Waals surface area contributed by atoms with Crippen LogP contribution in [-0.4, -0.2) is 66.5 Å². The summed E-state index contributed by atoms with van der Waals surface area (Å²) in [7, 11) is -4.75. The quantitative estimate of drug-likeness (QED) is 0.0197. The Balaban J connectivity index is 4.65. The minimum Gasteiger partial charge on any atom is -0.462 e. The van der Waals surface area contributed by atoms with E-state index in [2.05, 4.69) is 69.4 Å². The van der Waals surface area contributed by atoms with Crippen molar-refractivity contribution in [3.05, 3.63) is 48.6 Å². The van der Waals surface area contributed by atoms with Gasteiger partial charge in [-0.1, -0.05) is 243 Å². The van der Waals surface area contributed by atoms with Crippen LogP contribution in [0.25, 0.3) is 0 Å². The summed E-state index contributed by atoms with van der Waals surface area (Å²) in [5.41, 5.74) is 0. The first kappa shape index (κ1) is 71.4. The van der Waals surface area contributed by atoms with Crippen LogP contribution in [0, 0.1) is 0 Å². The average Bonchev–Trinajstić information content (AvgIpc) is 3.39.